The van der Waals surface area contributed by atoms with Crippen LogP contribution in [-0.2, 0) is 9.59 Å². The van der Waals surface area contributed by atoms with Gasteiger partial charge >= 0.3 is 0 Å². The average molecular weight is 452 g/mol. The third-order valence-electron chi connectivity index (χ3n) is 4.59. The Bertz CT molecular complexity index is 1000. The average Bonchev–Trinajstić information content (AvgIpc) is 3.11. The molecule has 0 saturated heterocycles. The first-order valence-corrected chi connectivity index (χ1v) is 9.23. The molecule has 0 unspecified atom stereocenters. The van der Waals surface area contributed by atoms with E-state index in [0.29, 0.717) is 5.69 Å². The molecule has 30 heavy (non-hydrogen) atoms. The Labute approximate surface area is 188 Å². The van der Waals surface area contributed by atoms with Gasteiger partial charge in [0.2, 0.25) is 11.8 Å². The number of aryl methyl sites for hydroxylation is 1. The number of benzene rings is 1. The van der Waals surface area contributed by atoms with Crippen LogP contribution in [0, 0.1) is 12.8 Å². The fourth-order valence-corrected chi connectivity index (χ4v) is 2.81. The second-order valence-corrected chi connectivity index (χ2v) is 7.16. The summed E-state index contributed by atoms with van der Waals surface area (Å²) in [5.74, 6) is -0.623. The van der Waals surface area contributed by atoms with Crippen molar-refractivity contribution in [3.8, 4) is 11.3 Å². The molecule has 0 saturated carbocycles. The number of halogens is 2. The van der Waals surface area contributed by atoms with Gasteiger partial charge in [0.05, 0.1) is 18.3 Å². The number of pyridine rings is 1. The molecular weight excluding hydrogens is 425 g/mol. The Morgan fingerprint density at radius 2 is 1.80 bits per heavy atom. The second kappa shape index (κ2) is 11.0. The van der Waals surface area contributed by atoms with Crippen LogP contribution in [0.25, 0.3) is 16.9 Å². The maximum Gasteiger partial charge on any atom is 0.243 e. The number of nitrogens with zero attached hydrogens (tertiary/aromatic N) is 2. The molecule has 2 aromatic heterocycles. The lowest BCUT2D eigenvalue weighted by Gasteiger charge is -2.15. The molecule has 0 radical (unpaired) electrons. The highest BCUT2D eigenvalue weighted by molar-refractivity contribution is 5.95. The van der Waals surface area contributed by atoms with Crippen molar-refractivity contribution in [1.82, 2.24) is 14.7 Å². The molecule has 3 rings (SSSR count). The molecular formula is C21H27Cl2N5O2. The number of imidazole rings is 1. The van der Waals surface area contributed by atoms with Gasteiger partial charge in [-0.25, -0.2) is 4.98 Å². The minimum atomic E-state index is -0.624. The van der Waals surface area contributed by atoms with E-state index in [4.69, 9.17) is 5.73 Å². The summed E-state index contributed by atoms with van der Waals surface area (Å²) < 4.78 is 1.99. The van der Waals surface area contributed by atoms with Crippen molar-refractivity contribution >= 4 is 48.0 Å². The van der Waals surface area contributed by atoms with Crippen LogP contribution in [0.15, 0.2) is 48.8 Å². The lowest BCUT2D eigenvalue weighted by molar-refractivity contribution is -0.125. The van der Waals surface area contributed by atoms with E-state index in [9.17, 15) is 9.59 Å². The quantitative estimate of drug-likeness (QED) is 0.535. The number of hydrogen-bond donors (Lipinski definition) is 3. The molecule has 3 aromatic rings. The molecule has 0 fully saturated rings. The highest BCUT2D eigenvalue weighted by Gasteiger charge is 2.17. The Morgan fingerprint density at radius 1 is 1.13 bits per heavy atom. The predicted octanol–water partition coefficient (Wildman–Crippen LogP) is 3.19. The van der Waals surface area contributed by atoms with Crippen molar-refractivity contribution < 1.29 is 9.59 Å². The molecule has 162 valence electrons. The van der Waals surface area contributed by atoms with E-state index in [2.05, 4.69) is 15.6 Å². The first kappa shape index (κ1) is 25.4. The standard InChI is InChI=1S/C21H25N5O2.2ClH/c1-13(2)19(22)21(28)23-11-18(27)24-16-8-6-15(7-9-16)17-12-26-10-4-5-14(3)20(26)25-17;;/h4-10,12-13,19H,11,22H2,1-3H3,(H,23,28)(H,24,27);2*1H/t19-;;/m0../s1. The van der Waals surface area contributed by atoms with Crippen LogP contribution >= 0.6 is 24.8 Å². The number of nitrogens with two attached hydrogens (primary N) is 1. The second-order valence-electron chi connectivity index (χ2n) is 7.16. The van der Waals surface area contributed by atoms with E-state index in [1.807, 2.05) is 74.0 Å². The molecule has 1 atom stereocenters. The van der Waals surface area contributed by atoms with Crippen molar-refractivity contribution in [2.24, 2.45) is 11.7 Å². The molecule has 7 nitrogen and oxygen atoms in total. The normalized spacial score (nSPS) is 11.4. The summed E-state index contributed by atoms with van der Waals surface area (Å²) in [6, 6.07) is 10.8. The number of carbonyl (C=O) groups excluding carboxylic acids is 2. The van der Waals surface area contributed by atoms with Crippen LogP contribution in [0.5, 0.6) is 0 Å². The van der Waals surface area contributed by atoms with Gasteiger partial charge in [0, 0.05) is 23.6 Å². The van der Waals surface area contributed by atoms with Crippen LogP contribution in [-0.4, -0.2) is 33.8 Å². The summed E-state index contributed by atoms with van der Waals surface area (Å²) in [5, 5.41) is 5.31. The van der Waals surface area contributed by atoms with Crippen LogP contribution in [0.4, 0.5) is 5.69 Å². The zero-order valence-electron chi connectivity index (χ0n) is 17.1. The number of anilines is 1. The molecule has 1 aromatic carbocycles. The SMILES string of the molecule is Cc1cccn2cc(-c3ccc(NC(=O)CNC(=O)[C@@H](N)C(C)C)cc3)nc12.Cl.Cl. The molecule has 4 N–H and O–H groups in total. The van der Waals surface area contributed by atoms with E-state index >= 15 is 0 Å². The largest absolute Gasteiger partial charge is 0.346 e. The first-order valence-electron chi connectivity index (χ1n) is 9.23. The monoisotopic (exact) mass is 451 g/mol. The van der Waals surface area contributed by atoms with Crippen LogP contribution in [0.1, 0.15) is 19.4 Å². The molecule has 0 aliphatic carbocycles. The van der Waals surface area contributed by atoms with Crippen LogP contribution in [0.2, 0.25) is 0 Å². The number of amides is 2. The molecule has 0 aliphatic rings. The minimum Gasteiger partial charge on any atom is -0.346 e. The predicted molar refractivity (Wildman–Crippen MR) is 124 cm³/mol. The Balaban J connectivity index is 0.00000225. The Hall–Kier alpha value is -2.61. The Kier molecular flexibility index (Phi) is 9.29. The van der Waals surface area contributed by atoms with Gasteiger partial charge in [0.15, 0.2) is 0 Å². The van der Waals surface area contributed by atoms with Crippen molar-refractivity contribution in [3.63, 3.8) is 0 Å². The molecule has 0 bridgehead atoms. The van der Waals surface area contributed by atoms with Gasteiger partial charge in [-0.3, -0.25) is 9.59 Å². The Morgan fingerprint density at radius 3 is 2.40 bits per heavy atom. The summed E-state index contributed by atoms with van der Waals surface area (Å²) >= 11 is 0. The summed E-state index contributed by atoms with van der Waals surface area (Å²) in [6.45, 7) is 5.62. The fourth-order valence-electron chi connectivity index (χ4n) is 2.81. The zero-order chi connectivity index (χ0) is 20.3. The summed E-state index contributed by atoms with van der Waals surface area (Å²) in [5.41, 5.74) is 10.3. The lowest BCUT2D eigenvalue weighted by atomic mass is 10.1. The highest BCUT2D eigenvalue weighted by Crippen LogP contribution is 2.22. The van der Waals surface area contributed by atoms with Gasteiger partial charge < -0.3 is 20.8 Å². The van der Waals surface area contributed by atoms with Crippen molar-refractivity contribution in [2.75, 3.05) is 11.9 Å². The topological polar surface area (TPSA) is 102 Å². The number of aromatic nitrogens is 2. The third kappa shape index (κ3) is 5.95. The number of hydrogen-bond acceptors (Lipinski definition) is 4. The molecule has 2 amide bonds. The van der Waals surface area contributed by atoms with E-state index in [1.165, 1.54) is 0 Å². The first-order chi connectivity index (χ1) is 13.3. The number of fused-ring (bicyclic) bond motifs is 1. The molecule has 2 heterocycles. The van der Waals surface area contributed by atoms with Gasteiger partial charge in [-0.2, -0.15) is 0 Å². The summed E-state index contributed by atoms with van der Waals surface area (Å²) in [7, 11) is 0. The third-order valence-corrected chi connectivity index (χ3v) is 4.59. The van der Waals surface area contributed by atoms with Gasteiger partial charge in [-0.1, -0.05) is 32.0 Å². The molecule has 0 spiro atoms. The van der Waals surface area contributed by atoms with E-state index in [0.717, 1.165) is 22.5 Å². The minimum absolute atomic E-state index is 0. The van der Waals surface area contributed by atoms with E-state index in [-0.39, 0.29) is 49.1 Å². The van der Waals surface area contributed by atoms with Crippen molar-refractivity contribution in [3.05, 3.63) is 54.4 Å². The summed E-state index contributed by atoms with van der Waals surface area (Å²) in [4.78, 5) is 28.5. The zero-order valence-corrected chi connectivity index (χ0v) is 18.7. The highest BCUT2D eigenvalue weighted by atomic mass is 35.5. The summed E-state index contributed by atoms with van der Waals surface area (Å²) in [6.07, 6.45) is 3.94. The molecule has 0 aliphatic heterocycles. The number of carbonyl (C=O) groups is 2. The van der Waals surface area contributed by atoms with Gasteiger partial charge in [-0.05, 0) is 36.6 Å². The van der Waals surface area contributed by atoms with Gasteiger partial charge in [0.25, 0.3) is 0 Å². The molecule has 9 heteroatoms. The van der Waals surface area contributed by atoms with E-state index in [1.54, 1.807) is 0 Å². The maximum atomic E-state index is 12.0. The fraction of sp³-hybridized carbons (Fsp3) is 0.286. The van der Waals surface area contributed by atoms with E-state index < -0.39 is 6.04 Å². The number of nitrogens with one attached hydrogen (secondary N) is 2. The van der Waals surface area contributed by atoms with Crippen molar-refractivity contribution in [1.29, 1.82) is 0 Å². The van der Waals surface area contributed by atoms with Crippen LogP contribution in [0.3, 0.4) is 0 Å². The smallest absolute Gasteiger partial charge is 0.243 e. The van der Waals surface area contributed by atoms with Crippen LogP contribution < -0.4 is 16.4 Å². The lowest BCUT2D eigenvalue weighted by Crippen LogP contribution is -2.46. The maximum absolute atomic E-state index is 12.0. The van der Waals surface area contributed by atoms with Gasteiger partial charge in [-0.15, -0.1) is 24.8 Å². The van der Waals surface area contributed by atoms with Gasteiger partial charge in [0.1, 0.15) is 5.65 Å². The van der Waals surface area contributed by atoms with Crippen molar-refractivity contribution in [2.45, 2.75) is 26.8 Å². The number of rotatable bonds is 6.